The van der Waals surface area contributed by atoms with E-state index in [1.807, 2.05) is 0 Å². The Bertz CT molecular complexity index is 965. The Hall–Kier alpha value is -2.11. The number of pyridine rings is 1. The van der Waals surface area contributed by atoms with E-state index in [4.69, 9.17) is 0 Å². The van der Waals surface area contributed by atoms with Crippen LogP contribution in [0.3, 0.4) is 0 Å². The van der Waals surface area contributed by atoms with Crippen LogP contribution in [0.25, 0.3) is 22.4 Å². The topological polar surface area (TPSA) is 12.9 Å². The van der Waals surface area contributed by atoms with Gasteiger partial charge in [-0.25, -0.2) is 0 Å². The van der Waals surface area contributed by atoms with Crippen molar-refractivity contribution >= 4 is 0 Å². The minimum atomic E-state index is -4.62. The minimum absolute atomic E-state index is 0. The molecule has 0 amide bonds. The van der Waals surface area contributed by atoms with E-state index in [-0.39, 0.29) is 42.5 Å². The van der Waals surface area contributed by atoms with Gasteiger partial charge in [-0.3, -0.25) is 8.78 Å². The predicted octanol–water partition coefficient (Wildman–Crippen LogP) is 6.13. The van der Waals surface area contributed by atoms with Gasteiger partial charge in [-0.1, -0.05) is 23.8 Å². The minimum Gasteiger partial charge on any atom is -0.304 e. The van der Waals surface area contributed by atoms with Crippen LogP contribution in [0.2, 0.25) is 0 Å². The zero-order valence-corrected chi connectivity index (χ0v) is 16.6. The van der Waals surface area contributed by atoms with Gasteiger partial charge >= 0.3 is 6.18 Å². The monoisotopic (exact) mass is 555 g/mol. The number of halogens is 5. The number of nitrogens with zero attached hydrogens (tertiary/aromatic N) is 1. The van der Waals surface area contributed by atoms with E-state index in [2.05, 4.69) is 11.1 Å². The molecule has 0 aliphatic carbocycles. The third-order valence-corrected chi connectivity index (χ3v) is 3.88. The molecule has 0 saturated heterocycles. The number of aromatic nitrogens is 1. The van der Waals surface area contributed by atoms with Gasteiger partial charge in [0.2, 0.25) is 0 Å². The Balaban J connectivity index is 0.00000261. The maximum Gasteiger partial charge on any atom is 0.416 e. The normalized spacial score (nSPS) is 11.2. The average molecular weight is 555 g/mol. The van der Waals surface area contributed by atoms with Crippen molar-refractivity contribution in [1.29, 1.82) is 0 Å². The van der Waals surface area contributed by atoms with Gasteiger partial charge in [0.15, 0.2) is 0 Å². The number of hydrogen-bond donors (Lipinski definition) is 0. The molecule has 0 spiro atoms. The first kappa shape index (κ1) is 21.2. The van der Waals surface area contributed by atoms with Gasteiger partial charge in [0.25, 0.3) is 0 Å². The molecule has 0 atom stereocenters. The number of benzene rings is 2. The molecular formula is C20H13F5IrN-. The van der Waals surface area contributed by atoms with Crippen molar-refractivity contribution in [3.8, 4) is 22.4 Å². The molecule has 27 heavy (non-hydrogen) atoms. The molecule has 143 valence electrons. The Morgan fingerprint density at radius 1 is 0.963 bits per heavy atom. The summed E-state index contributed by atoms with van der Waals surface area (Å²) >= 11 is 0. The standard InChI is InChI=1S/C20H13F5N.Ir/c1-11-3-6-17(26-10-11)15-4-5-16(21)18(19(15)22)13-7-12(2)8-14(9-13)20(23,24)25;/h3,5-10H,1-2H3;/q-1;. The van der Waals surface area contributed by atoms with Crippen molar-refractivity contribution in [1.82, 2.24) is 4.98 Å². The molecule has 0 N–H and O–H groups in total. The van der Waals surface area contributed by atoms with Gasteiger partial charge in [-0.05, 0) is 53.9 Å². The van der Waals surface area contributed by atoms with Crippen molar-refractivity contribution < 1.29 is 42.1 Å². The van der Waals surface area contributed by atoms with Crippen molar-refractivity contribution in [3.05, 3.63) is 77.0 Å². The summed E-state index contributed by atoms with van der Waals surface area (Å²) in [6.07, 6.45) is -3.10. The number of aryl methyl sites for hydroxylation is 2. The second-order valence-electron chi connectivity index (χ2n) is 6.01. The molecule has 1 radical (unpaired) electrons. The molecule has 0 saturated carbocycles. The SMILES string of the molecule is Cc1ccc(-c2[c-]cc(F)c(-c3cc(C)cc(C(F)(F)F)c3)c2F)nc1.[Ir]. The van der Waals surface area contributed by atoms with Crippen LogP contribution in [-0.4, -0.2) is 4.98 Å². The maximum atomic E-state index is 15.0. The smallest absolute Gasteiger partial charge is 0.304 e. The summed E-state index contributed by atoms with van der Waals surface area (Å²) in [6, 6.07) is 9.60. The predicted molar refractivity (Wildman–Crippen MR) is 88.3 cm³/mol. The molecular weight excluding hydrogens is 541 g/mol. The first-order chi connectivity index (χ1) is 12.2. The van der Waals surface area contributed by atoms with E-state index in [0.29, 0.717) is 0 Å². The molecule has 1 nitrogen and oxygen atoms in total. The number of hydrogen-bond acceptors (Lipinski definition) is 1. The summed E-state index contributed by atoms with van der Waals surface area (Å²) in [4.78, 5) is 4.07. The summed E-state index contributed by atoms with van der Waals surface area (Å²) < 4.78 is 68.4. The zero-order chi connectivity index (χ0) is 19.1. The summed E-state index contributed by atoms with van der Waals surface area (Å²) in [5.41, 5.74) is -0.463. The van der Waals surface area contributed by atoms with Gasteiger partial charge < -0.3 is 4.98 Å². The van der Waals surface area contributed by atoms with Crippen molar-refractivity contribution in [3.63, 3.8) is 0 Å². The van der Waals surface area contributed by atoms with E-state index in [1.54, 1.807) is 19.1 Å². The molecule has 1 aromatic heterocycles. The van der Waals surface area contributed by atoms with Gasteiger partial charge in [-0.15, -0.1) is 12.1 Å². The van der Waals surface area contributed by atoms with E-state index >= 15 is 0 Å². The van der Waals surface area contributed by atoms with Crippen LogP contribution < -0.4 is 0 Å². The van der Waals surface area contributed by atoms with Crippen LogP contribution in [0.15, 0.2) is 42.6 Å². The molecule has 3 rings (SSSR count). The largest absolute Gasteiger partial charge is 0.416 e. The van der Waals surface area contributed by atoms with E-state index in [1.165, 1.54) is 19.2 Å². The Labute approximate surface area is 166 Å². The van der Waals surface area contributed by atoms with Gasteiger partial charge in [0.05, 0.1) is 5.56 Å². The first-order valence-corrected chi connectivity index (χ1v) is 7.69. The fourth-order valence-electron chi connectivity index (χ4n) is 2.66. The fraction of sp³-hybridized carbons (Fsp3) is 0.150. The second-order valence-corrected chi connectivity index (χ2v) is 6.01. The molecule has 0 unspecified atom stereocenters. The zero-order valence-electron chi connectivity index (χ0n) is 14.2. The molecule has 0 aliphatic rings. The van der Waals surface area contributed by atoms with Crippen LogP contribution in [0.1, 0.15) is 16.7 Å². The third kappa shape index (κ3) is 4.42. The van der Waals surface area contributed by atoms with E-state index < -0.39 is 28.9 Å². The molecule has 7 heteroatoms. The van der Waals surface area contributed by atoms with Crippen molar-refractivity contribution in [2.45, 2.75) is 20.0 Å². The Morgan fingerprint density at radius 2 is 1.67 bits per heavy atom. The summed E-state index contributed by atoms with van der Waals surface area (Å²) in [5, 5.41) is 0. The van der Waals surface area contributed by atoms with Crippen LogP contribution in [0.5, 0.6) is 0 Å². The maximum absolute atomic E-state index is 15.0. The van der Waals surface area contributed by atoms with Gasteiger partial charge in [0.1, 0.15) is 0 Å². The third-order valence-electron chi connectivity index (χ3n) is 3.88. The van der Waals surface area contributed by atoms with Crippen LogP contribution in [0, 0.1) is 31.5 Å². The Morgan fingerprint density at radius 3 is 2.26 bits per heavy atom. The Kier molecular flexibility index (Phi) is 6.17. The van der Waals surface area contributed by atoms with E-state index in [0.717, 1.165) is 23.8 Å². The quantitative estimate of drug-likeness (QED) is 0.275. The van der Waals surface area contributed by atoms with Crippen molar-refractivity contribution in [2.24, 2.45) is 0 Å². The van der Waals surface area contributed by atoms with Crippen LogP contribution in [-0.2, 0) is 26.3 Å². The summed E-state index contributed by atoms with van der Waals surface area (Å²) in [7, 11) is 0. The van der Waals surface area contributed by atoms with Gasteiger partial charge in [0, 0.05) is 37.9 Å². The van der Waals surface area contributed by atoms with Gasteiger partial charge in [-0.2, -0.15) is 13.2 Å². The van der Waals surface area contributed by atoms with E-state index in [9.17, 15) is 22.0 Å². The van der Waals surface area contributed by atoms with Crippen LogP contribution >= 0.6 is 0 Å². The molecule has 0 bridgehead atoms. The molecule has 0 aliphatic heterocycles. The molecule has 3 aromatic rings. The first-order valence-electron chi connectivity index (χ1n) is 7.69. The molecule has 1 heterocycles. The molecule has 2 aromatic carbocycles. The van der Waals surface area contributed by atoms with Crippen molar-refractivity contribution in [2.75, 3.05) is 0 Å². The number of rotatable bonds is 2. The summed E-state index contributed by atoms with van der Waals surface area (Å²) in [6.45, 7) is 3.24. The second kappa shape index (κ2) is 7.87. The number of alkyl halides is 3. The molecule has 0 fully saturated rings. The fourth-order valence-corrected chi connectivity index (χ4v) is 2.66. The average Bonchev–Trinajstić information content (AvgIpc) is 2.55. The summed E-state index contributed by atoms with van der Waals surface area (Å²) in [5.74, 6) is -1.99. The van der Waals surface area contributed by atoms with Crippen LogP contribution in [0.4, 0.5) is 22.0 Å².